The number of carbonyl (C=O) groups excluding carboxylic acids is 1. The lowest BCUT2D eigenvalue weighted by atomic mass is 9.94. The van der Waals surface area contributed by atoms with E-state index in [0.717, 1.165) is 19.4 Å². The van der Waals surface area contributed by atoms with Gasteiger partial charge in [-0.05, 0) is 37.4 Å². The van der Waals surface area contributed by atoms with E-state index < -0.39 is 6.10 Å². The lowest BCUT2D eigenvalue weighted by molar-refractivity contribution is -0.131. The van der Waals surface area contributed by atoms with Crippen LogP contribution in [0.3, 0.4) is 0 Å². The highest BCUT2D eigenvalue weighted by atomic mass is 16.3. The topological polar surface area (TPSA) is 52.6 Å². The summed E-state index contributed by atoms with van der Waals surface area (Å²) in [6.45, 7) is 1.51. The molecule has 2 aliphatic rings. The lowest BCUT2D eigenvalue weighted by Gasteiger charge is -2.33. The maximum atomic E-state index is 12.4. The van der Waals surface area contributed by atoms with Crippen LogP contribution < -0.4 is 5.32 Å². The number of aliphatic hydroxyl groups is 1. The predicted molar refractivity (Wildman–Crippen MR) is 77.4 cm³/mol. The molecule has 1 heterocycles. The van der Waals surface area contributed by atoms with Crippen LogP contribution in [0.4, 0.5) is 0 Å². The number of hydrogen-bond donors (Lipinski definition) is 2. The van der Waals surface area contributed by atoms with Crippen molar-refractivity contribution in [2.75, 3.05) is 20.1 Å². The summed E-state index contributed by atoms with van der Waals surface area (Å²) in [4.78, 5) is 14.5. The summed E-state index contributed by atoms with van der Waals surface area (Å²) in [6, 6.07) is 8.53. The van der Waals surface area contributed by atoms with Gasteiger partial charge < -0.3 is 15.3 Å². The molecule has 1 aromatic carbocycles. The number of benzene rings is 1. The summed E-state index contributed by atoms with van der Waals surface area (Å²) in [7, 11) is 2.00. The third kappa shape index (κ3) is 2.72. The summed E-state index contributed by atoms with van der Waals surface area (Å²) in [5.74, 6) is -0.292. The Morgan fingerprint density at radius 1 is 1.30 bits per heavy atom. The van der Waals surface area contributed by atoms with Gasteiger partial charge >= 0.3 is 0 Å². The van der Waals surface area contributed by atoms with Crippen molar-refractivity contribution < 1.29 is 9.90 Å². The number of likely N-dealkylation sites (tertiary alicyclic amines) is 1. The maximum Gasteiger partial charge on any atom is 0.227 e. The maximum absolute atomic E-state index is 12.4. The van der Waals surface area contributed by atoms with Gasteiger partial charge in [-0.15, -0.1) is 0 Å². The zero-order valence-electron chi connectivity index (χ0n) is 11.9. The van der Waals surface area contributed by atoms with E-state index in [4.69, 9.17) is 0 Å². The minimum atomic E-state index is -0.505. The fourth-order valence-corrected chi connectivity index (χ4v) is 3.33. The Morgan fingerprint density at radius 3 is 2.60 bits per heavy atom. The summed E-state index contributed by atoms with van der Waals surface area (Å²) >= 11 is 0. The van der Waals surface area contributed by atoms with Crippen molar-refractivity contribution in [2.45, 2.75) is 31.4 Å². The Bertz CT molecular complexity index is 478. The molecule has 1 aliphatic carbocycles. The zero-order valence-corrected chi connectivity index (χ0v) is 11.9. The van der Waals surface area contributed by atoms with E-state index in [1.807, 2.05) is 19.2 Å². The van der Waals surface area contributed by atoms with Crippen LogP contribution in [0.15, 0.2) is 24.3 Å². The van der Waals surface area contributed by atoms with E-state index in [2.05, 4.69) is 22.3 Å². The summed E-state index contributed by atoms with van der Waals surface area (Å²) < 4.78 is 0. The van der Waals surface area contributed by atoms with Crippen molar-refractivity contribution in [1.82, 2.24) is 10.2 Å². The summed E-state index contributed by atoms with van der Waals surface area (Å²) in [6.07, 6.45) is 1.98. The van der Waals surface area contributed by atoms with Gasteiger partial charge in [0.25, 0.3) is 0 Å². The quantitative estimate of drug-likeness (QED) is 0.829. The van der Waals surface area contributed by atoms with Crippen LogP contribution in [-0.4, -0.2) is 48.2 Å². The van der Waals surface area contributed by atoms with Crippen LogP contribution in [-0.2, 0) is 17.6 Å². The molecule has 1 amide bonds. The summed E-state index contributed by atoms with van der Waals surface area (Å²) in [5, 5.41) is 13.1. The number of amides is 1. The number of nitrogens with zero attached hydrogens (tertiary/aromatic N) is 1. The number of piperidine rings is 1. The fraction of sp³-hybridized carbons (Fsp3) is 0.562. The SMILES string of the molecule is CN1CC[C@H](O)[C@H](C(=O)NC2Cc3ccccc3C2)C1. The molecule has 0 unspecified atom stereocenters. The molecule has 0 aromatic heterocycles. The second kappa shape index (κ2) is 5.54. The van der Waals surface area contributed by atoms with E-state index in [9.17, 15) is 9.90 Å². The number of fused-ring (bicyclic) bond motifs is 1. The Morgan fingerprint density at radius 2 is 1.95 bits per heavy atom. The largest absolute Gasteiger partial charge is 0.392 e. The molecular weight excluding hydrogens is 252 g/mol. The number of rotatable bonds is 2. The van der Waals surface area contributed by atoms with Gasteiger partial charge in [0, 0.05) is 19.1 Å². The van der Waals surface area contributed by atoms with Crippen LogP contribution in [0.1, 0.15) is 17.5 Å². The molecule has 2 atom stereocenters. The van der Waals surface area contributed by atoms with Gasteiger partial charge in [0.15, 0.2) is 0 Å². The van der Waals surface area contributed by atoms with E-state index in [-0.39, 0.29) is 17.9 Å². The highest BCUT2D eigenvalue weighted by Crippen LogP contribution is 2.23. The van der Waals surface area contributed by atoms with Gasteiger partial charge in [-0.3, -0.25) is 4.79 Å². The van der Waals surface area contributed by atoms with Gasteiger partial charge in [-0.2, -0.15) is 0 Å². The highest BCUT2D eigenvalue weighted by Gasteiger charge is 2.33. The molecule has 1 aromatic rings. The van der Waals surface area contributed by atoms with Crippen LogP contribution >= 0.6 is 0 Å². The summed E-state index contributed by atoms with van der Waals surface area (Å²) in [5.41, 5.74) is 2.67. The minimum Gasteiger partial charge on any atom is -0.392 e. The first-order valence-electron chi connectivity index (χ1n) is 7.37. The molecular formula is C16H22N2O2. The molecule has 0 spiro atoms. The number of carbonyl (C=O) groups is 1. The smallest absolute Gasteiger partial charge is 0.227 e. The second-order valence-corrected chi connectivity index (χ2v) is 6.11. The Labute approximate surface area is 119 Å². The van der Waals surface area contributed by atoms with E-state index in [1.165, 1.54) is 11.1 Å². The molecule has 0 radical (unpaired) electrons. The molecule has 0 saturated carbocycles. The molecule has 1 fully saturated rings. The van der Waals surface area contributed by atoms with Gasteiger partial charge in [0.05, 0.1) is 12.0 Å². The van der Waals surface area contributed by atoms with Crippen LogP contribution in [0.2, 0.25) is 0 Å². The fourth-order valence-electron chi connectivity index (χ4n) is 3.33. The van der Waals surface area contributed by atoms with Crippen molar-refractivity contribution in [3.63, 3.8) is 0 Å². The average Bonchev–Trinajstić information content (AvgIpc) is 2.83. The van der Waals surface area contributed by atoms with Crippen molar-refractivity contribution >= 4 is 5.91 Å². The predicted octanol–water partition coefficient (Wildman–Crippen LogP) is 0.583. The molecule has 0 bridgehead atoms. The molecule has 2 N–H and O–H groups in total. The molecule has 108 valence electrons. The Hall–Kier alpha value is -1.39. The van der Waals surface area contributed by atoms with Crippen LogP contribution in [0, 0.1) is 5.92 Å². The molecule has 1 aliphatic heterocycles. The van der Waals surface area contributed by atoms with Crippen molar-refractivity contribution in [2.24, 2.45) is 5.92 Å². The first-order chi connectivity index (χ1) is 9.63. The van der Waals surface area contributed by atoms with Gasteiger partial charge in [0.1, 0.15) is 0 Å². The standard InChI is InChI=1S/C16H22N2O2/c1-18-7-6-15(19)14(10-18)16(20)17-13-8-11-4-2-3-5-12(11)9-13/h2-5,13-15,19H,6-10H2,1H3,(H,17,20)/t14-,15+/m1/s1. The number of nitrogens with one attached hydrogen (secondary N) is 1. The minimum absolute atomic E-state index is 0.00172. The van der Waals surface area contributed by atoms with Gasteiger partial charge in [-0.25, -0.2) is 0 Å². The third-order valence-corrected chi connectivity index (χ3v) is 4.51. The highest BCUT2D eigenvalue weighted by molar-refractivity contribution is 5.80. The second-order valence-electron chi connectivity index (χ2n) is 6.11. The number of aliphatic hydroxyl groups excluding tert-OH is 1. The zero-order chi connectivity index (χ0) is 14.1. The molecule has 4 heteroatoms. The van der Waals surface area contributed by atoms with Crippen molar-refractivity contribution in [3.8, 4) is 0 Å². The third-order valence-electron chi connectivity index (χ3n) is 4.51. The first kappa shape index (κ1) is 13.6. The van der Waals surface area contributed by atoms with E-state index in [1.54, 1.807) is 0 Å². The van der Waals surface area contributed by atoms with E-state index in [0.29, 0.717) is 13.0 Å². The molecule has 4 nitrogen and oxygen atoms in total. The van der Waals surface area contributed by atoms with Crippen LogP contribution in [0.25, 0.3) is 0 Å². The first-order valence-corrected chi connectivity index (χ1v) is 7.37. The lowest BCUT2D eigenvalue weighted by Crippen LogP contribution is -2.50. The Kier molecular flexibility index (Phi) is 3.76. The molecule has 20 heavy (non-hydrogen) atoms. The van der Waals surface area contributed by atoms with Gasteiger partial charge in [-0.1, -0.05) is 24.3 Å². The van der Waals surface area contributed by atoms with Crippen molar-refractivity contribution in [3.05, 3.63) is 35.4 Å². The van der Waals surface area contributed by atoms with E-state index >= 15 is 0 Å². The average molecular weight is 274 g/mol. The monoisotopic (exact) mass is 274 g/mol. The number of hydrogen-bond acceptors (Lipinski definition) is 3. The van der Waals surface area contributed by atoms with Crippen molar-refractivity contribution in [1.29, 1.82) is 0 Å². The molecule has 3 rings (SSSR count). The van der Waals surface area contributed by atoms with Gasteiger partial charge in [0.2, 0.25) is 5.91 Å². The van der Waals surface area contributed by atoms with Crippen LogP contribution in [0.5, 0.6) is 0 Å². The Balaban J connectivity index is 1.60. The normalized spacial score (nSPS) is 27.3. The molecule has 1 saturated heterocycles.